The lowest BCUT2D eigenvalue weighted by atomic mass is 9.76. The molecule has 0 aliphatic heterocycles. The predicted octanol–water partition coefficient (Wildman–Crippen LogP) is 3.97. The highest BCUT2D eigenvalue weighted by atomic mass is 14.6. The summed E-state index contributed by atoms with van der Waals surface area (Å²) in [7, 11) is 0. The highest BCUT2D eigenvalue weighted by Crippen LogP contribution is 2.46. The van der Waals surface area contributed by atoms with Crippen molar-refractivity contribution in [1.82, 2.24) is 0 Å². The van der Waals surface area contributed by atoms with E-state index in [1.54, 1.807) is 0 Å². The molecule has 3 unspecified atom stereocenters. The molecule has 0 aromatic rings. The molecular weight excluding hydrogens is 182 g/mol. The number of hydrogen-bond acceptors (Lipinski definition) is 1. The summed E-state index contributed by atoms with van der Waals surface area (Å²) in [5.41, 5.74) is 6.54. The van der Waals surface area contributed by atoms with Gasteiger partial charge in [0.2, 0.25) is 0 Å². The molecule has 90 valence electrons. The van der Waals surface area contributed by atoms with Crippen molar-refractivity contribution in [2.75, 3.05) is 6.54 Å². The van der Waals surface area contributed by atoms with E-state index in [9.17, 15) is 0 Å². The van der Waals surface area contributed by atoms with Gasteiger partial charge in [-0.3, -0.25) is 0 Å². The molecule has 15 heavy (non-hydrogen) atoms. The number of nitrogens with two attached hydrogens (primary N) is 1. The third kappa shape index (κ3) is 3.48. The van der Waals surface area contributed by atoms with Crippen LogP contribution in [0.15, 0.2) is 0 Å². The van der Waals surface area contributed by atoms with Crippen molar-refractivity contribution in [2.45, 2.75) is 65.7 Å². The van der Waals surface area contributed by atoms with E-state index in [4.69, 9.17) is 5.73 Å². The molecule has 0 amide bonds. The van der Waals surface area contributed by atoms with Gasteiger partial charge in [-0.25, -0.2) is 0 Å². The molecule has 0 aromatic carbocycles. The maximum absolute atomic E-state index is 6.03. The maximum atomic E-state index is 6.03. The zero-order valence-corrected chi connectivity index (χ0v) is 10.9. The van der Waals surface area contributed by atoms with Crippen LogP contribution in [-0.2, 0) is 0 Å². The van der Waals surface area contributed by atoms with Crippen LogP contribution in [0.1, 0.15) is 65.7 Å². The van der Waals surface area contributed by atoms with Crippen molar-refractivity contribution in [3.63, 3.8) is 0 Å². The van der Waals surface area contributed by atoms with E-state index in [0.717, 1.165) is 18.4 Å². The molecule has 0 heterocycles. The van der Waals surface area contributed by atoms with E-state index in [2.05, 4.69) is 20.8 Å². The van der Waals surface area contributed by atoms with Gasteiger partial charge in [-0.1, -0.05) is 40.0 Å². The minimum absolute atomic E-state index is 0.509. The van der Waals surface area contributed by atoms with E-state index in [1.165, 1.54) is 44.9 Å². The minimum Gasteiger partial charge on any atom is -0.330 e. The molecule has 1 saturated carbocycles. The second-order valence-corrected chi connectivity index (χ2v) is 5.82. The van der Waals surface area contributed by atoms with E-state index in [0.29, 0.717) is 5.41 Å². The van der Waals surface area contributed by atoms with Crippen molar-refractivity contribution >= 4 is 0 Å². The average Bonchev–Trinajstić information content (AvgIpc) is 2.62. The lowest BCUT2D eigenvalue weighted by Gasteiger charge is -2.31. The first-order chi connectivity index (χ1) is 7.15. The van der Waals surface area contributed by atoms with Gasteiger partial charge in [0.15, 0.2) is 0 Å². The van der Waals surface area contributed by atoms with Gasteiger partial charge >= 0.3 is 0 Å². The van der Waals surface area contributed by atoms with Crippen LogP contribution in [0.4, 0.5) is 0 Å². The average molecular weight is 211 g/mol. The third-order valence-electron chi connectivity index (χ3n) is 4.38. The van der Waals surface area contributed by atoms with E-state index in [-0.39, 0.29) is 0 Å². The van der Waals surface area contributed by atoms with Crippen LogP contribution in [0.5, 0.6) is 0 Å². The van der Waals surface area contributed by atoms with Crippen molar-refractivity contribution in [1.29, 1.82) is 0 Å². The summed E-state index contributed by atoms with van der Waals surface area (Å²) in [6.45, 7) is 7.93. The summed E-state index contributed by atoms with van der Waals surface area (Å²) in [5, 5.41) is 0. The molecule has 3 atom stereocenters. The molecule has 1 nitrogen and oxygen atoms in total. The summed E-state index contributed by atoms with van der Waals surface area (Å²) in [6, 6.07) is 0. The monoisotopic (exact) mass is 211 g/mol. The van der Waals surface area contributed by atoms with Crippen LogP contribution in [0.3, 0.4) is 0 Å². The fraction of sp³-hybridized carbons (Fsp3) is 1.00. The Morgan fingerprint density at radius 2 is 2.13 bits per heavy atom. The molecule has 1 aliphatic carbocycles. The largest absolute Gasteiger partial charge is 0.330 e. The minimum atomic E-state index is 0.509. The Hall–Kier alpha value is -0.0400. The van der Waals surface area contributed by atoms with Gasteiger partial charge in [-0.15, -0.1) is 0 Å². The SMILES string of the molecule is CCCC(C)CC1(CN)CCC(CC)C1. The summed E-state index contributed by atoms with van der Waals surface area (Å²) in [5.74, 6) is 1.83. The lowest BCUT2D eigenvalue weighted by Crippen LogP contribution is -2.30. The molecule has 0 saturated heterocycles. The molecule has 1 aliphatic rings. The number of rotatable bonds is 6. The number of hydrogen-bond donors (Lipinski definition) is 1. The molecule has 1 heteroatoms. The summed E-state index contributed by atoms with van der Waals surface area (Å²) in [4.78, 5) is 0. The van der Waals surface area contributed by atoms with Gasteiger partial charge in [0.05, 0.1) is 0 Å². The van der Waals surface area contributed by atoms with Crippen LogP contribution >= 0.6 is 0 Å². The topological polar surface area (TPSA) is 26.0 Å². The lowest BCUT2D eigenvalue weighted by molar-refractivity contribution is 0.220. The van der Waals surface area contributed by atoms with Gasteiger partial charge in [-0.05, 0) is 49.5 Å². The third-order valence-corrected chi connectivity index (χ3v) is 4.38. The fourth-order valence-corrected chi connectivity index (χ4v) is 3.46. The zero-order valence-electron chi connectivity index (χ0n) is 10.9. The van der Waals surface area contributed by atoms with Crippen LogP contribution in [0.2, 0.25) is 0 Å². The highest BCUT2D eigenvalue weighted by Gasteiger charge is 2.37. The van der Waals surface area contributed by atoms with Gasteiger partial charge in [-0.2, -0.15) is 0 Å². The predicted molar refractivity (Wildman–Crippen MR) is 67.8 cm³/mol. The smallest absolute Gasteiger partial charge is 0.00203 e. The van der Waals surface area contributed by atoms with Crippen LogP contribution in [0, 0.1) is 17.3 Å². The van der Waals surface area contributed by atoms with Crippen molar-refractivity contribution in [2.24, 2.45) is 23.0 Å². The Kier molecular flexibility index (Phi) is 5.11. The van der Waals surface area contributed by atoms with Gasteiger partial charge in [0, 0.05) is 0 Å². The zero-order chi connectivity index (χ0) is 11.3. The molecule has 1 fully saturated rings. The van der Waals surface area contributed by atoms with Gasteiger partial charge in [0.25, 0.3) is 0 Å². The first-order valence-electron chi connectivity index (χ1n) is 6.86. The Balaban J connectivity index is 2.47. The molecule has 0 bridgehead atoms. The van der Waals surface area contributed by atoms with E-state index >= 15 is 0 Å². The molecule has 0 aromatic heterocycles. The first-order valence-corrected chi connectivity index (χ1v) is 6.86. The quantitative estimate of drug-likeness (QED) is 0.707. The summed E-state index contributed by atoms with van der Waals surface area (Å²) in [6.07, 6.45) is 9.62. The normalized spacial score (nSPS) is 33.2. The second-order valence-electron chi connectivity index (χ2n) is 5.82. The Morgan fingerprint density at radius 3 is 2.60 bits per heavy atom. The molecule has 1 rings (SSSR count). The van der Waals surface area contributed by atoms with Crippen molar-refractivity contribution in [3.8, 4) is 0 Å². The van der Waals surface area contributed by atoms with E-state index in [1.807, 2.05) is 0 Å². The summed E-state index contributed by atoms with van der Waals surface area (Å²) >= 11 is 0. The van der Waals surface area contributed by atoms with Gasteiger partial charge < -0.3 is 5.73 Å². The van der Waals surface area contributed by atoms with Crippen molar-refractivity contribution in [3.05, 3.63) is 0 Å². The standard InChI is InChI=1S/C14H29N/c1-4-6-12(3)9-14(11-15)8-7-13(5-2)10-14/h12-13H,4-11,15H2,1-3H3. The molecule has 0 radical (unpaired) electrons. The second kappa shape index (κ2) is 5.89. The molecule has 2 N–H and O–H groups in total. The van der Waals surface area contributed by atoms with Crippen molar-refractivity contribution < 1.29 is 0 Å². The fourth-order valence-electron chi connectivity index (χ4n) is 3.46. The molecule has 0 spiro atoms. The maximum Gasteiger partial charge on any atom is -0.00203 e. The molecular formula is C14H29N. The Bertz CT molecular complexity index is 178. The van der Waals surface area contributed by atoms with E-state index < -0.39 is 0 Å². The van der Waals surface area contributed by atoms with Gasteiger partial charge in [0.1, 0.15) is 0 Å². The van der Waals surface area contributed by atoms with Crippen LogP contribution < -0.4 is 5.73 Å². The highest BCUT2D eigenvalue weighted by molar-refractivity contribution is 4.90. The first kappa shape index (κ1) is 13.0. The Morgan fingerprint density at radius 1 is 1.40 bits per heavy atom. The van der Waals surface area contributed by atoms with Crippen LogP contribution in [0.25, 0.3) is 0 Å². The Labute approximate surface area is 95.8 Å². The van der Waals surface area contributed by atoms with Crippen LogP contribution in [-0.4, -0.2) is 6.54 Å². The summed E-state index contributed by atoms with van der Waals surface area (Å²) < 4.78 is 0.